The van der Waals surface area contributed by atoms with Crippen LogP contribution in [-0.2, 0) is 6.54 Å². The van der Waals surface area contributed by atoms with Gasteiger partial charge in [0.2, 0.25) is 0 Å². The Labute approximate surface area is 159 Å². The Bertz CT molecular complexity index is 871. The number of nitrogens with one attached hydrogen (secondary N) is 1. The van der Waals surface area contributed by atoms with Crippen LogP contribution >= 0.6 is 0 Å². The van der Waals surface area contributed by atoms with Crippen molar-refractivity contribution in [2.45, 2.75) is 32.4 Å². The topological polar surface area (TPSA) is 85.8 Å². The van der Waals surface area contributed by atoms with Crippen molar-refractivity contribution in [3.8, 4) is 0 Å². The van der Waals surface area contributed by atoms with E-state index in [4.69, 9.17) is 5.73 Å². The quantitative estimate of drug-likeness (QED) is 0.676. The molecule has 0 radical (unpaired) electrons. The summed E-state index contributed by atoms with van der Waals surface area (Å²) in [6.45, 7) is 5.22. The Hall–Kier alpha value is -2.99. The molecule has 27 heavy (non-hydrogen) atoms. The van der Waals surface area contributed by atoms with Gasteiger partial charge in [0, 0.05) is 12.6 Å². The fourth-order valence-corrected chi connectivity index (χ4v) is 2.79. The molecule has 0 aliphatic heterocycles. The van der Waals surface area contributed by atoms with Gasteiger partial charge >= 0.3 is 0 Å². The van der Waals surface area contributed by atoms with Crippen molar-refractivity contribution in [2.24, 2.45) is 5.73 Å². The molecule has 1 unspecified atom stereocenters. The molecular weight excluding hydrogens is 338 g/mol. The molecule has 3 aromatic rings. The molecule has 3 rings (SSSR count). The number of aromatic nitrogens is 3. The molecule has 0 fully saturated rings. The minimum absolute atomic E-state index is 0.269. The van der Waals surface area contributed by atoms with Gasteiger partial charge in [0.05, 0.1) is 12.7 Å². The summed E-state index contributed by atoms with van der Waals surface area (Å²) < 4.78 is 1.65. The molecule has 0 aliphatic rings. The van der Waals surface area contributed by atoms with E-state index < -0.39 is 0 Å². The molecule has 1 atom stereocenters. The third-order valence-corrected chi connectivity index (χ3v) is 4.47. The number of benzene rings is 2. The van der Waals surface area contributed by atoms with Crippen LogP contribution in [0.5, 0.6) is 0 Å². The lowest BCUT2D eigenvalue weighted by molar-refractivity contribution is 0.0946. The van der Waals surface area contributed by atoms with Crippen LogP contribution in [0.1, 0.15) is 53.0 Å². The van der Waals surface area contributed by atoms with Crippen molar-refractivity contribution in [3.63, 3.8) is 0 Å². The van der Waals surface area contributed by atoms with Crippen molar-refractivity contribution in [2.75, 3.05) is 6.54 Å². The van der Waals surface area contributed by atoms with E-state index in [9.17, 15) is 4.79 Å². The molecule has 0 saturated heterocycles. The van der Waals surface area contributed by atoms with Crippen LogP contribution in [0.3, 0.4) is 0 Å². The first-order valence-corrected chi connectivity index (χ1v) is 9.10. The summed E-state index contributed by atoms with van der Waals surface area (Å²) in [6, 6.07) is 17.8. The van der Waals surface area contributed by atoms with Crippen LogP contribution in [-0.4, -0.2) is 27.4 Å². The molecule has 1 amide bonds. The maximum Gasteiger partial charge on any atom is 0.273 e. The maximum absolute atomic E-state index is 12.3. The van der Waals surface area contributed by atoms with Gasteiger partial charge in [0.1, 0.15) is 0 Å². The lowest BCUT2D eigenvalue weighted by Gasteiger charge is -2.14. The van der Waals surface area contributed by atoms with E-state index in [0.29, 0.717) is 19.0 Å². The van der Waals surface area contributed by atoms with Gasteiger partial charge in [-0.3, -0.25) is 4.79 Å². The Kier molecular flexibility index (Phi) is 5.98. The van der Waals surface area contributed by atoms with Crippen molar-refractivity contribution in [1.82, 2.24) is 20.3 Å². The van der Waals surface area contributed by atoms with Gasteiger partial charge in [-0.05, 0) is 22.6 Å². The molecule has 3 N–H and O–H groups in total. The highest BCUT2D eigenvalue weighted by Gasteiger charge is 2.13. The zero-order valence-corrected chi connectivity index (χ0v) is 15.7. The number of hydrogen-bond acceptors (Lipinski definition) is 4. The summed E-state index contributed by atoms with van der Waals surface area (Å²) in [5.74, 6) is 0.206. The molecule has 0 aliphatic carbocycles. The largest absolute Gasteiger partial charge is 0.349 e. The van der Waals surface area contributed by atoms with Crippen LogP contribution < -0.4 is 11.1 Å². The normalized spacial score (nSPS) is 12.1. The number of nitrogens with zero attached hydrogens (tertiary/aromatic N) is 3. The van der Waals surface area contributed by atoms with Gasteiger partial charge in [-0.1, -0.05) is 73.7 Å². The molecule has 0 bridgehead atoms. The average Bonchev–Trinajstić information content (AvgIpc) is 3.15. The van der Waals surface area contributed by atoms with Crippen LogP contribution in [0, 0.1) is 0 Å². The van der Waals surface area contributed by atoms with Crippen molar-refractivity contribution < 1.29 is 4.79 Å². The molecular formula is C21H25N5O. The SMILES string of the molecule is CC(C)c1ccc(C(N)CNC(=O)c2cn(Cc3ccccc3)nn2)cc1. The Morgan fingerprint density at radius 2 is 1.74 bits per heavy atom. The number of carbonyl (C=O) groups excluding carboxylic acids is 1. The van der Waals surface area contributed by atoms with E-state index in [1.807, 2.05) is 42.5 Å². The second-order valence-electron chi connectivity index (χ2n) is 6.92. The Morgan fingerprint density at radius 3 is 2.41 bits per heavy atom. The predicted molar refractivity (Wildman–Crippen MR) is 105 cm³/mol. The summed E-state index contributed by atoms with van der Waals surface area (Å²) in [5, 5.41) is 10.8. The lowest BCUT2D eigenvalue weighted by Crippen LogP contribution is -2.32. The highest BCUT2D eigenvalue weighted by Crippen LogP contribution is 2.17. The number of rotatable bonds is 7. The van der Waals surface area contributed by atoms with Gasteiger partial charge in [-0.25, -0.2) is 4.68 Å². The number of amides is 1. The standard InChI is InChI=1S/C21H25N5O/c1-15(2)17-8-10-18(11-9-17)19(22)12-23-21(27)20-14-26(25-24-20)13-16-6-4-3-5-7-16/h3-11,14-15,19H,12-13,22H2,1-2H3,(H,23,27). The zero-order valence-electron chi connectivity index (χ0n) is 15.7. The number of hydrogen-bond donors (Lipinski definition) is 2. The highest BCUT2D eigenvalue weighted by molar-refractivity contribution is 5.91. The summed E-state index contributed by atoms with van der Waals surface area (Å²) in [6.07, 6.45) is 1.64. The minimum Gasteiger partial charge on any atom is -0.349 e. The van der Waals surface area contributed by atoms with Crippen LogP contribution in [0.15, 0.2) is 60.8 Å². The second kappa shape index (κ2) is 8.60. The van der Waals surface area contributed by atoms with E-state index in [-0.39, 0.29) is 17.6 Å². The van der Waals surface area contributed by atoms with Crippen molar-refractivity contribution >= 4 is 5.91 Å². The molecule has 0 spiro atoms. The first-order chi connectivity index (χ1) is 13.0. The second-order valence-corrected chi connectivity index (χ2v) is 6.92. The van der Waals surface area contributed by atoms with E-state index in [1.54, 1.807) is 10.9 Å². The molecule has 1 heterocycles. The van der Waals surface area contributed by atoms with E-state index >= 15 is 0 Å². The summed E-state index contributed by atoms with van der Waals surface area (Å²) in [4.78, 5) is 12.3. The first kappa shape index (κ1) is 18.8. The molecule has 6 heteroatoms. The summed E-state index contributed by atoms with van der Waals surface area (Å²) >= 11 is 0. The number of nitrogens with two attached hydrogens (primary N) is 1. The smallest absolute Gasteiger partial charge is 0.273 e. The Balaban J connectivity index is 1.54. The van der Waals surface area contributed by atoms with Crippen molar-refractivity contribution in [1.29, 1.82) is 0 Å². The zero-order chi connectivity index (χ0) is 19.2. The van der Waals surface area contributed by atoms with Crippen LogP contribution in [0.4, 0.5) is 0 Å². The summed E-state index contributed by atoms with van der Waals surface area (Å²) in [5.41, 5.74) is 9.84. The van der Waals surface area contributed by atoms with Crippen LogP contribution in [0.25, 0.3) is 0 Å². The number of carbonyl (C=O) groups is 1. The fourth-order valence-electron chi connectivity index (χ4n) is 2.79. The Morgan fingerprint density at radius 1 is 1.07 bits per heavy atom. The van der Waals surface area contributed by atoms with Gasteiger partial charge in [-0.2, -0.15) is 0 Å². The lowest BCUT2D eigenvalue weighted by atomic mass is 9.99. The molecule has 1 aromatic heterocycles. The fraction of sp³-hybridized carbons (Fsp3) is 0.286. The van der Waals surface area contributed by atoms with Crippen molar-refractivity contribution in [3.05, 3.63) is 83.2 Å². The summed E-state index contributed by atoms with van der Waals surface area (Å²) in [7, 11) is 0. The third-order valence-electron chi connectivity index (χ3n) is 4.47. The molecule has 0 saturated carbocycles. The first-order valence-electron chi connectivity index (χ1n) is 9.10. The minimum atomic E-state index is -0.274. The van der Waals surface area contributed by atoms with Gasteiger partial charge in [0.25, 0.3) is 5.91 Å². The molecule has 2 aromatic carbocycles. The van der Waals surface area contributed by atoms with E-state index in [0.717, 1.165) is 11.1 Å². The van der Waals surface area contributed by atoms with E-state index in [2.05, 4.69) is 41.6 Å². The third kappa shape index (κ3) is 5.01. The van der Waals surface area contributed by atoms with Gasteiger partial charge in [-0.15, -0.1) is 5.10 Å². The predicted octanol–water partition coefficient (Wildman–Crippen LogP) is 2.88. The maximum atomic E-state index is 12.3. The average molecular weight is 363 g/mol. The van der Waals surface area contributed by atoms with Crippen LogP contribution in [0.2, 0.25) is 0 Å². The molecule has 140 valence electrons. The molecule has 6 nitrogen and oxygen atoms in total. The van der Waals surface area contributed by atoms with Gasteiger partial charge < -0.3 is 11.1 Å². The van der Waals surface area contributed by atoms with E-state index in [1.165, 1.54) is 5.56 Å². The monoisotopic (exact) mass is 363 g/mol. The van der Waals surface area contributed by atoms with Gasteiger partial charge in [0.15, 0.2) is 5.69 Å². The highest BCUT2D eigenvalue weighted by atomic mass is 16.2.